The summed E-state index contributed by atoms with van der Waals surface area (Å²) in [6.07, 6.45) is 27.6. The van der Waals surface area contributed by atoms with Gasteiger partial charge in [-0.25, -0.2) is 0 Å². The van der Waals surface area contributed by atoms with Crippen LogP contribution in [-0.2, 0) is 5.41 Å². The van der Waals surface area contributed by atoms with Crippen molar-refractivity contribution in [2.24, 2.45) is 5.41 Å². The first-order valence-corrected chi connectivity index (χ1v) is 15.9. The molecule has 0 saturated carbocycles. The first-order chi connectivity index (χ1) is 19.6. The maximum Gasteiger partial charge on any atom is 0.209 e. The second kappa shape index (κ2) is 12.0. The highest BCUT2D eigenvalue weighted by atomic mass is 15.2. The molecule has 5 rings (SSSR count). The molecular formula is C39H51N2+. The first-order valence-electron chi connectivity index (χ1n) is 15.9. The Labute approximate surface area is 249 Å². The van der Waals surface area contributed by atoms with E-state index in [-0.39, 0.29) is 10.8 Å². The third kappa shape index (κ3) is 5.94. The molecule has 0 aromatic heterocycles. The third-order valence-corrected chi connectivity index (χ3v) is 9.76. The number of para-hydroxylation sites is 1. The number of allylic oxidation sites excluding steroid dienone is 11. The number of hydrogen-bond acceptors (Lipinski definition) is 1. The van der Waals surface area contributed by atoms with E-state index in [4.69, 9.17) is 0 Å². The molecule has 0 saturated heterocycles. The largest absolute Gasteiger partial charge is 0.344 e. The summed E-state index contributed by atoms with van der Waals surface area (Å²) in [6, 6.07) is 8.82. The summed E-state index contributed by atoms with van der Waals surface area (Å²) in [5.74, 6) is 0. The minimum atomic E-state index is 0.0166. The Hall–Kier alpha value is -3.13. The second-order valence-corrected chi connectivity index (χ2v) is 13.6. The van der Waals surface area contributed by atoms with Crippen LogP contribution in [0.2, 0.25) is 0 Å². The van der Waals surface area contributed by atoms with E-state index in [9.17, 15) is 0 Å². The van der Waals surface area contributed by atoms with E-state index >= 15 is 0 Å². The highest BCUT2D eigenvalue weighted by molar-refractivity contribution is 6.03. The van der Waals surface area contributed by atoms with Crippen LogP contribution in [0.1, 0.15) is 98.0 Å². The zero-order valence-electron chi connectivity index (χ0n) is 26.5. The molecule has 0 radical (unpaired) electrons. The van der Waals surface area contributed by atoms with E-state index in [1.807, 2.05) is 0 Å². The van der Waals surface area contributed by atoms with Gasteiger partial charge in [-0.1, -0.05) is 68.3 Å². The zero-order chi connectivity index (χ0) is 29.2. The fourth-order valence-electron chi connectivity index (χ4n) is 7.39. The van der Waals surface area contributed by atoms with E-state index in [0.29, 0.717) is 0 Å². The summed E-state index contributed by atoms with van der Waals surface area (Å²) in [5.41, 5.74) is 13.0. The maximum atomic E-state index is 4.08. The van der Waals surface area contributed by atoms with Crippen LogP contribution in [-0.4, -0.2) is 28.8 Å². The number of rotatable bonds is 9. The Morgan fingerprint density at radius 2 is 1.78 bits per heavy atom. The summed E-state index contributed by atoms with van der Waals surface area (Å²) >= 11 is 0. The number of benzene rings is 1. The second-order valence-electron chi connectivity index (χ2n) is 13.6. The van der Waals surface area contributed by atoms with Gasteiger partial charge in [0.25, 0.3) is 0 Å². The predicted molar refractivity (Wildman–Crippen MR) is 177 cm³/mol. The van der Waals surface area contributed by atoms with Gasteiger partial charge >= 0.3 is 0 Å². The molecule has 41 heavy (non-hydrogen) atoms. The van der Waals surface area contributed by atoms with Crippen LogP contribution < -0.4 is 0 Å². The first kappa shape index (κ1) is 29.4. The Kier molecular flexibility index (Phi) is 8.60. The molecule has 0 amide bonds. The van der Waals surface area contributed by atoms with Crippen molar-refractivity contribution in [1.82, 2.24) is 4.90 Å². The molecule has 0 bridgehead atoms. The third-order valence-electron chi connectivity index (χ3n) is 9.76. The van der Waals surface area contributed by atoms with Gasteiger partial charge in [0, 0.05) is 41.1 Å². The molecule has 0 unspecified atom stereocenters. The molecule has 1 aromatic carbocycles. The minimum absolute atomic E-state index is 0.0166. The average molecular weight is 548 g/mol. The van der Waals surface area contributed by atoms with Gasteiger partial charge in [-0.15, -0.1) is 6.58 Å². The fraction of sp³-hybridized carbons (Fsp3) is 0.462. The number of nitrogens with zero attached hydrogens (tertiary/aromatic N) is 2. The number of hydrogen-bond donors (Lipinski definition) is 0. The van der Waals surface area contributed by atoms with Gasteiger partial charge in [0.15, 0.2) is 5.71 Å². The van der Waals surface area contributed by atoms with Gasteiger partial charge in [-0.3, -0.25) is 0 Å². The van der Waals surface area contributed by atoms with Crippen molar-refractivity contribution in [3.63, 3.8) is 0 Å². The molecular weight excluding hydrogens is 496 g/mol. The predicted octanol–water partition coefficient (Wildman–Crippen LogP) is 10.3. The lowest BCUT2D eigenvalue weighted by molar-refractivity contribution is -0.401. The van der Waals surface area contributed by atoms with Crippen LogP contribution in [0.4, 0.5) is 5.69 Å². The van der Waals surface area contributed by atoms with E-state index in [1.54, 1.807) is 5.57 Å². The molecule has 0 N–H and O–H groups in total. The van der Waals surface area contributed by atoms with Gasteiger partial charge in [0.05, 0.1) is 5.41 Å². The highest BCUT2D eigenvalue weighted by Gasteiger charge is 2.43. The van der Waals surface area contributed by atoms with Crippen LogP contribution >= 0.6 is 0 Å². The van der Waals surface area contributed by atoms with Crippen LogP contribution in [0.5, 0.6) is 0 Å². The summed E-state index contributed by atoms with van der Waals surface area (Å²) in [7, 11) is 2.21. The molecule has 0 spiro atoms. The van der Waals surface area contributed by atoms with Crippen LogP contribution in [0.25, 0.3) is 0 Å². The molecule has 0 atom stereocenters. The summed E-state index contributed by atoms with van der Waals surface area (Å²) in [6.45, 7) is 16.9. The van der Waals surface area contributed by atoms with Gasteiger partial charge < -0.3 is 4.90 Å². The lowest BCUT2D eigenvalue weighted by Crippen LogP contribution is -2.26. The van der Waals surface area contributed by atoms with Crippen molar-refractivity contribution < 1.29 is 4.58 Å². The van der Waals surface area contributed by atoms with Gasteiger partial charge in [0.2, 0.25) is 5.69 Å². The van der Waals surface area contributed by atoms with Crippen molar-refractivity contribution in [3.8, 4) is 0 Å². The van der Waals surface area contributed by atoms with E-state index in [2.05, 4.69) is 125 Å². The minimum Gasteiger partial charge on any atom is -0.344 e. The lowest BCUT2D eigenvalue weighted by atomic mass is 9.79. The molecule has 2 aliphatic heterocycles. The molecule has 0 fully saturated rings. The molecule has 4 aliphatic rings. The normalized spacial score (nSPS) is 23.2. The molecule has 2 nitrogen and oxygen atoms in total. The Morgan fingerprint density at radius 3 is 2.56 bits per heavy atom. The number of fused-ring (bicyclic) bond motifs is 1. The quantitative estimate of drug-likeness (QED) is 0.169. The van der Waals surface area contributed by atoms with E-state index in [1.165, 1.54) is 77.2 Å². The van der Waals surface area contributed by atoms with Crippen molar-refractivity contribution in [1.29, 1.82) is 0 Å². The van der Waals surface area contributed by atoms with E-state index < -0.39 is 0 Å². The summed E-state index contributed by atoms with van der Waals surface area (Å²) < 4.78 is 2.37. The highest BCUT2D eigenvalue weighted by Crippen LogP contribution is 2.50. The van der Waals surface area contributed by atoms with Gasteiger partial charge in [-0.2, -0.15) is 4.58 Å². The van der Waals surface area contributed by atoms with Crippen molar-refractivity contribution in [3.05, 3.63) is 113 Å². The summed E-state index contributed by atoms with van der Waals surface area (Å²) in [5, 5.41) is 0. The van der Waals surface area contributed by atoms with Gasteiger partial charge in [-0.05, 0) is 101 Å². The Balaban J connectivity index is 1.36. The van der Waals surface area contributed by atoms with E-state index in [0.717, 1.165) is 32.2 Å². The Bertz CT molecular complexity index is 1410. The maximum absolute atomic E-state index is 4.08. The van der Waals surface area contributed by atoms with Crippen LogP contribution in [0.3, 0.4) is 0 Å². The van der Waals surface area contributed by atoms with Crippen LogP contribution in [0.15, 0.2) is 107 Å². The van der Waals surface area contributed by atoms with Crippen molar-refractivity contribution in [2.45, 2.75) is 97.8 Å². The van der Waals surface area contributed by atoms with Crippen molar-refractivity contribution >= 4 is 11.4 Å². The Morgan fingerprint density at radius 1 is 0.976 bits per heavy atom. The molecule has 1 aromatic rings. The smallest absolute Gasteiger partial charge is 0.209 e. The average Bonchev–Trinajstić information content (AvgIpc) is 3.28. The SMILES string of the molecule is C=C(C)CCCCCN1C2=C(CCC=C2)C(C)(C)/C1=C\C=C1C=C(/C=C/C2=[N+](C)c3ccccc3C2(C)C)CCC\1. The molecule has 216 valence electrons. The standard InChI is InChI=1S/C39H51N2/c1-29(2)16-9-8-14-27-41-35-22-13-11-20-33(35)39(5,6)37(41)26-24-31-18-15-17-30(28-31)23-25-36-38(3,4)32-19-10-12-21-34(32)40(36)7/h10,12-13,19,21-26,28H,1,8-9,11,14-18,20,27H2,2-7H3/q+1. The fourth-order valence-corrected chi connectivity index (χ4v) is 7.39. The molecule has 2 heteroatoms. The summed E-state index contributed by atoms with van der Waals surface area (Å²) in [4.78, 5) is 2.64. The lowest BCUT2D eigenvalue weighted by Gasteiger charge is -2.29. The number of unbranched alkanes of at least 4 members (excludes halogenated alkanes) is 2. The van der Waals surface area contributed by atoms with Crippen molar-refractivity contribution in [2.75, 3.05) is 13.6 Å². The molecule has 2 aliphatic carbocycles. The zero-order valence-corrected chi connectivity index (χ0v) is 26.5. The molecule has 2 heterocycles. The van der Waals surface area contributed by atoms with Gasteiger partial charge in [0.1, 0.15) is 7.05 Å². The van der Waals surface area contributed by atoms with Crippen LogP contribution in [0, 0.1) is 5.41 Å². The topological polar surface area (TPSA) is 6.25 Å². The monoisotopic (exact) mass is 547 g/mol.